The van der Waals surface area contributed by atoms with Gasteiger partial charge in [-0.15, -0.1) is 0 Å². The Morgan fingerprint density at radius 2 is 1.58 bits per heavy atom. The second-order valence-corrected chi connectivity index (χ2v) is 11.3. The maximum absolute atomic E-state index is 13.7. The first-order chi connectivity index (χ1) is 21.5. The van der Waals surface area contributed by atoms with Gasteiger partial charge in [-0.05, 0) is 65.8 Å². The molecule has 1 aliphatic heterocycles. The molecule has 3 aromatic carbocycles. The van der Waals surface area contributed by atoms with Crippen LogP contribution in [-0.2, 0) is 24.7 Å². The van der Waals surface area contributed by atoms with Crippen molar-refractivity contribution in [2.24, 2.45) is 0 Å². The molecule has 4 aromatic rings. The molecule has 45 heavy (non-hydrogen) atoms. The molecule has 8 heteroatoms. The highest BCUT2D eigenvalue weighted by atomic mass is 16.6. The topological polar surface area (TPSA) is 87.1 Å². The van der Waals surface area contributed by atoms with Crippen LogP contribution in [-0.4, -0.2) is 35.6 Å². The lowest BCUT2D eigenvalue weighted by molar-refractivity contribution is -0.147. The summed E-state index contributed by atoms with van der Waals surface area (Å²) in [7, 11) is 0. The van der Waals surface area contributed by atoms with E-state index in [1.165, 1.54) is 0 Å². The molecular formula is C37H38N2O6. The standard InChI is InChI=1S/C37H38N2O6/c1-9-38(10-2)26-19-20-30(32(21-26)44-35(41)23(5)6)37(29-17-13-11-15-27(29)36(42)45-37)33-24(7)39(25(8)43-34(40)22(3)4)31-18-14-12-16-28(31)33/h11-21,25H,3,5,9-10H2,1-2,4,6-8H3. The summed E-state index contributed by atoms with van der Waals surface area (Å²) in [6, 6.07) is 20.5. The van der Waals surface area contributed by atoms with Gasteiger partial charge in [0.1, 0.15) is 5.75 Å². The lowest BCUT2D eigenvalue weighted by atomic mass is 9.78. The number of hydrogen-bond donors (Lipinski definition) is 0. The highest BCUT2D eigenvalue weighted by Gasteiger charge is 2.53. The zero-order valence-corrected chi connectivity index (χ0v) is 26.6. The van der Waals surface area contributed by atoms with Gasteiger partial charge in [0.25, 0.3) is 0 Å². The molecule has 0 amide bonds. The van der Waals surface area contributed by atoms with Gasteiger partial charge in [-0.1, -0.05) is 49.6 Å². The van der Waals surface area contributed by atoms with Crippen molar-refractivity contribution in [2.45, 2.75) is 53.4 Å². The Balaban J connectivity index is 1.89. The van der Waals surface area contributed by atoms with Gasteiger partial charge < -0.3 is 23.7 Å². The Labute approximate surface area is 263 Å². The summed E-state index contributed by atoms with van der Waals surface area (Å²) in [5, 5.41) is 0.780. The van der Waals surface area contributed by atoms with Crippen molar-refractivity contribution < 1.29 is 28.6 Å². The minimum absolute atomic E-state index is 0.230. The van der Waals surface area contributed by atoms with Crippen LogP contribution in [0.4, 0.5) is 5.69 Å². The fraction of sp³-hybridized carbons (Fsp3) is 0.270. The molecule has 0 spiro atoms. The smallest absolute Gasteiger partial charge is 0.340 e. The normalized spacial score (nSPS) is 16.1. The molecule has 0 aliphatic carbocycles. The first-order valence-electron chi connectivity index (χ1n) is 15.0. The van der Waals surface area contributed by atoms with Gasteiger partial charge >= 0.3 is 17.9 Å². The minimum Gasteiger partial charge on any atom is -0.440 e. The third-order valence-corrected chi connectivity index (χ3v) is 8.29. The van der Waals surface area contributed by atoms with Crippen molar-refractivity contribution in [1.82, 2.24) is 4.57 Å². The molecule has 0 bridgehead atoms. The van der Waals surface area contributed by atoms with E-state index in [0.29, 0.717) is 27.9 Å². The van der Waals surface area contributed by atoms with Crippen molar-refractivity contribution >= 4 is 34.5 Å². The average Bonchev–Trinajstić information content (AvgIpc) is 3.48. The van der Waals surface area contributed by atoms with Crippen LogP contribution in [0.15, 0.2) is 91.0 Å². The van der Waals surface area contributed by atoms with Crippen LogP contribution in [0.2, 0.25) is 0 Å². The van der Waals surface area contributed by atoms with E-state index in [4.69, 9.17) is 14.2 Å². The fourth-order valence-electron chi connectivity index (χ4n) is 6.21. The molecule has 0 radical (unpaired) electrons. The molecule has 5 rings (SSSR count). The number of esters is 3. The number of benzene rings is 3. The van der Waals surface area contributed by atoms with E-state index < -0.39 is 29.7 Å². The van der Waals surface area contributed by atoms with Crippen molar-refractivity contribution in [3.63, 3.8) is 0 Å². The summed E-state index contributed by atoms with van der Waals surface area (Å²) in [6.07, 6.45) is -0.719. The van der Waals surface area contributed by atoms with Crippen LogP contribution >= 0.6 is 0 Å². The van der Waals surface area contributed by atoms with Crippen molar-refractivity contribution in [2.75, 3.05) is 18.0 Å². The van der Waals surface area contributed by atoms with Crippen LogP contribution in [0.1, 0.15) is 73.6 Å². The number of carbonyl (C=O) groups excluding carboxylic acids is 3. The first-order valence-corrected chi connectivity index (χ1v) is 15.0. The number of ether oxygens (including phenoxy) is 3. The number of cyclic esters (lactones) is 1. The van der Waals surface area contributed by atoms with Gasteiger partial charge in [0, 0.05) is 63.8 Å². The maximum atomic E-state index is 13.7. The van der Waals surface area contributed by atoms with E-state index in [2.05, 4.69) is 18.1 Å². The van der Waals surface area contributed by atoms with Gasteiger partial charge in [0.05, 0.1) is 11.1 Å². The van der Waals surface area contributed by atoms with Crippen molar-refractivity contribution in [3.05, 3.63) is 119 Å². The zero-order valence-electron chi connectivity index (χ0n) is 26.6. The van der Waals surface area contributed by atoms with Crippen LogP contribution in [0.5, 0.6) is 5.75 Å². The van der Waals surface area contributed by atoms with Gasteiger partial charge in [0.15, 0.2) is 11.8 Å². The Morgan fingerprint density at radius 3 is 2.24 bits per heavy atom. The summed E-state index contributed by atoms with van der Waals surface area (Å²) in [5.41, 5.74) is 3.46. The molecule has 0 fully saturated rings. The second kappa shape index (κ2) is 12.1. The fourth-order valence-corrected chi connectivity index (χ4v) is 6.21. The maximum Gasteiger partial charge on any atom is 0.340 e. The molecule has 2 unspecified atom stereocenters. The summed E-state index contributed by atoms with van der Waals surface area (Å²) in [5.74, 6) is -1.38. The number of anilines is 1. The highest BCUT2D eigenvalue weighted by Crippen LogP contribution is 2.54. The van der Waals surface area contributed by atoms with Gasteiger partial charge in [-0.25, -0.2) is 14.4 Å². The van der Waals surface area contributed by atoms with E-state index in [-0.39, 0.29) is 16.9 Å². The molecule has 2 atom stereocenters. The third kappa shape index (κ3) is 5.20. The van der Waals surface area contributed by atoms with E-state index >= 15 is 0 Å². The predicted molar refractivity (Wildman–Crippen MR) is 174 cm³/mol. The molecule has 0 N–H and O–H groups in total. The van der Waals surface area contributed by atoms with Crippen molar-refractivity contribution in [3.8, 4) is 5.75 Å². The van der Waals surface area contributed by atoms with E-state index in [9.17, 15) is 14.4 Å². The monoisotopic (exact) mass is 606 g/mol. The van der Waals surface area contributed by atoms with Crippen LogP contribution in [0.25, 0.3) is 10.9 Å². The SMILES string of the molecule is C=C(C)C(=O)Oc1cc(N(CC)CC)ccc1C1(c2c(C)n(C(C)OC(=O)C(=C)C)c3ccccc23)OC(=O)c2ccccc21. The van der Waals surface area contributed by atoms with Crippen molar-refractivity contribution in [1.29, 1.82) is 0 Å². The number of nitrogens with zero attached hydrogens (tertiary/aromatic N) is 2. The number of carbonyl (C=O) groups is 3. The summed E-state index contributed by atoms with van der Waals surface area (Å²) >= 11 is 0. The Hall–Kier alpha value is -5.11. The molecule has 2 heterocycles. The number of rotatable bonds is 10. The first kappa shape index (κ1) is 31.3. The van der Waals surface area contributed by atoms with Crippen LogP contribution in [0, 0.1) is 6.92 Å². The molecule has 0 saturated heterocycles. The predicted octanol–water partition coefficient (Wildman–Crippen LogP) is 7.38. The summed E-state index contributed by atoms with van der Waals surface area (Å²) in [4.78, 5) is 41.5. The van der Waals surface area contributed by atoms with E-state index in [1.54, 1.807) is 32.9 Å². The van der Waals surface area contributed by atoms with Crippen LogP contribution in [0.3, 0.4) is 0 Å². The minimum atomic E-state index is -1.52. The number of hydrogen-bond acceptors (Lipinski definition) is 7. The number of aromatic nitrogens is 1. The number of para-hydroxylation sites is 1. The quantitative estimate of drug-likeness (QED) is 0.106. The molecule has 0 saturated carbocycles. The highest BCUT2D eigenvalue weighted by molar-refractivity contribution is 5.99. The largest absolute Gasteiger partial charge is 0.440 e. The lowest BCUT2D eigenvalue weighted by Crippen LogP contribution is -2.32. The zero-order chi connectivity index (χ0) is 32.6. The second-order valence-electron chi connectivity index (χ2n) is 11.3. The van der Waals surface area contributed by atoms with Gasteiger partial charge in [-0.3, -0.25) is 0 Å². The Bertz CT molecular complexity index is 1860. The Kier molecular flexibility index (Phi) is 8.43. The molecular weight excluding hydrogens is 568 g/mol. The lowest BCUT2D eigenvalue weighted by Gasteiger charge is -2.33. The Morgan fingerprint density at radius 1 is 0.933 bits per heavy atom. The van der Waals surface area contributed by atoms with E-state index in [1.807, 2.05) is 79.9 Å². The average molecular weight is 607 g/mol. The molecule has 1 aromatic heterocycles. The summed E-state index contributed by atoms with van der Waals surface area (Å²) in [6.45, 7) is 19.9. The number of fused-ring (bicyclic) bond motifs is 2. The van der Waals surface area contributed by atoms with Gasteiger partial charge in [-0.2, -0.15) is 0 Å². The molecule has 232 valence electrons. The third-order valence-electron chi connectivity index (χ3n) is 8.29. The molecule has 8 nitrogen and oxygen atoms in total. The van der Waals surface area contributed by atoms with Gasteiger partial charge in [0.2, 0.25) is 0 Å². The van der Waals surface area contributed by atoms with Crippen LogP contribution < -0.4 is 9.64 Å². The van der Waals surface area contributed by atoms with E-state index in [0.717, 1.165) is 29.7 Å². The molecule has 1 aliphatic rings. The summed E-state index contributed by atoms with van der Waals surface area (Å²) < 4.78 is 20.3.